The highest BCUT2D eigenvalue weighted by atomic mass is 79.9. The molecule has 0 fully saturated rings. The molecule has 108 valence electrons. The molecule has 1 aromatic carbocycles. The molecular formula is C13H18BrF3N2. The molecule has 0 aromatic heterocycles. The van der Waals surface area contributed by atoms with Crippen molar-refractivity contribution >= 4 is 21.6 Å². The minimum Gasteiger partial charge on any atom is -0.360 e. The zero-order chi connectivity index (χ0) is 14.8. The van der Waals surface area contributed by atoms with Gasteiger partial charge in [0.15, 0.2) is 0 Å². The van der Waals surface area contributed by atoms with Crippen LogP contribution in [0.3, 0.4) is 0 Å². The Morgan fingerprint density at radius 1 is 1.26 bits per heavy atom. The van der Waals surface area contributed by atoms with Crippen LogP contribution in [-0.4, -0.2) is 18.8 Å². The van der Waals surface area contributed by atoms with Crippen molar-refractivity contribution in [2.45, 2.75) is 39.0 Å². The molecule has 6 heteroatoms. The van der Waals surface area contributed by atoms with Crippen molar-refractivity contribution in [3.63, 3.8) is 0 Å². The Kier molecular flexibility index (Phi) is 5.26. The van der Waals surface area contributed by atoms with Crippen LogP contribution in [0.25, 0.3) is 0 Å². The summed E-state index contributed by atoms with van der Waals surface area (Å²) < 4.78 is 38.8. The predicted molar refractivity (Wildman–Crippen MR) is 75.3 cm³/mol. The first kappa shape index (κ1) is 16.3. The number of benzene rings is 1. The number of halogens is 4. The third-order valence-electron chi connectivity index (χ3n) is 2.76. The maximum Gasteiger partial charge on any atom is 0.405 e. The van der Waals surface area contributed by atoms with Crippen molar-refractivity contribution in [1.82, 2.24) is 0 Å². The summed E-state index contributed by atoms with van der Waals surface area (Å²) in [6.45, 7) is 4.25. The lowest BCUT2D eigenvalue weighted by atomic mass is 10.0. The lowest BCUT2D eigenvalue weighted by Gasteiger charge is -2.32. The highest BCUT2D eigenvalue weighted by Gasteiger charge is 2.33. The monoisotopic (exact) mass is 338 g/mol. The third-order valence-corrected chi connectivity index (χ3v) is 3.26. The van der Waals surface area contributed by atoms with E-state index in [1.54, 1.807) is 39.0 Å². The van der Waals surface area contributed by atoms with E-state index in [-0.39, 0.29) is 12.1 Å². The quantitative estimate of drug-likeness (QED) is 0.889. The number of alkyl halides is 3. The van der Waals surface area contributed by atoms with Gasteiger partial charge in [-0.25, -0.2) is 0 Å². The van der Waals surface area contributed by atoms with Crippen molar-refractivity contribution < 1.29 is 13.2 Å². The summed E-state index contributed by atoms with van der Waals surface area (Å²) in [5.74, 6) is 0. The van der Waals surface area contributed by atoms with E-state index < -0.39 is 12.7 Å². The van der Waals surface area contributed by atoms with E-state index >= 15 is 0 Å². The molecular weight excluding hydrogens is 321 g/mol. The minimum absolute atomic E-state index is 0.264. The number of nitrogens with zero attached hydrogens (tertiary/aromatic N) is 1. The highest BCUT2D eigenvalue weighted by molar-refractivity contribution is 9.10. The molecule has 0 radical (unpaired) electrons. The summed E-state index contributed by atoms with van der Waals surface area (Å²) >= 11 is 3.32. The summed E-state index contributed by atoms with van der Waals surface area (Å²) in [4.78, 5) is 1.32. The lowest BCUT2D eigenvalue weighted by Crippen LogP contribution is -2.40. The first-order chi connectivity index (χ1) is 8.61. The maximum absolute atomic E-state index is 12.7. The Bertz CT molecular complexity index is 430. The predicted octanol–water partition coefficient (Wildman–Crippen LogP) is 4.25. The average Bonchev–Trinajstić information content (AvgIpc) is 2.24. The standard InChI is InChI=1S/C13H18BrF3N2/c1-8(2)19(7-13(15,16)17)12-5-4-10(14)6-11(12)9(3)18/h4-6,8-9H,7,18H2,1-3H3. The van der Waals surface area contributed by atoms with Gasteiger partial charge in [-0.1, -0.05) is 15.9 Å². The van der Waals surface area contributed by atoms with Gasteiger partial charge in [-0.05, 0) is 44.5 Å². The van der Waals surface area contributed by atoms with E-state index in [1.807, 2.05) is 0 Å². The van der Waals surface area contributed by atoms with Crippen LogP contribution in [0.5, 0.6) is 0 Å². The molecule has 1 aromatic rings. The molecule has 2 nitrogen and oxygen atoms in total. The van der Waals surface area contributed by atoms with Crippen molar-refractivity contribution in [1.29, 1.82) is 0 Å². The number of anilines is 1. The molecule has 0 spiro atoms. The van der Waals surface area contributed by atoms with Gasteiger partial charge in [-0.2, -0.15) is 13.2 Å². The summed E-state index contributed by atoms with van der Waals surface area (Å²) in [7, 11) is 0. The second-order valence-electron chi connectivity index (χ2n) is 4.83. The van der Waals surface area contributed by atoms with Gasteiger partial charge in [0.1, 0.15) is 6.54 Å². The molecule has 1 rings (SSSR count). The van der Waals surface area contributed by atoms with Gasteiger partial charge >= 0.3 is 6.18 Å². The first-order valence-electron chi connectivity index (χ1n) is 6.00. The van der Waals surface area contributed by atoms with Crippen LogP contribution >= 0.6 is 15.9 Å². The second kappa shape index (κ2) is 6.13. The van der Waals surface area contributed by atoms with E-state index in [4.69, 9.17) is 5.73 Å². The van der Waals surface area contributed by atoms with E-state index in [0.717, 1.165) is 4.47 Å². The van der Waals surface area contributed by atoms with Gasteiger partial charge in [-0.15, -0.1) is 0 Å². The normalized spacial score (nSPS) is 13.7. The molecule has 0 saturated heterocycles. The fourth-order valence-corrected chi connectivity index (χ4v) is 2.27. The van der Waals surface area contributed by atoms with Crippen LogP contribution in [0.15, 0.2) is 22.7 Å². The SMILES string of the molecule is CC(N)c1cc(Br)ccc1N(CC(F)(F)F)C(C)C. The largest absolute Gasteiger partial charge is 0.405 e. The number of nitrogens with two attached hydrogens (primary N) is 1. The molecule has 0 amide bonds. The smallest absolute Gasteiger partial charge is 0.360 e. The van der Waals surface area contributed by atoms with Gasteiger partial charge < -0.3 is 10.6 Å². The Morgan fingerprint density at radius 2 is 1.84 bits per heavy atom. The van der Waals surface area contributed by atoms with Crippen LogP contribution in [0.4, 0.5) is 18.9 Å². The lowest BCUT2D eigenvalue weighted by molar-refractivity contribution is -0.120. The van der Waals surface area contributed by atoms with Gasteiger partial charge in [0.05, 0.1) is 0 Å². The maximum atomic E-state index is 12.7. The van der Waals surface area contributed by atoms with Crippen LogP contribution in [-0.2, 0) is 0 Å². The van der Waals surface area contributed by atoms with Crippen LogP contribution in [0, 0.1) is 0 Å². The Labute approximate surface area is 119 Å². The molecule has 0 aliphatic rings. The van der Waals surface area contributed by atoms with E-state index in [0.29, 0.717) is 11.3 Å². The van der Waals surface area contributed by atoms with Gasteiger partial charge in [0.2, 0.25) is 0 Å². The fourth-order valence-electron chi connectivity index (χ4n) is 1.89. The summed E-state index contributed by atoms with van der Waals surface area (Å²) in [6.07, 6.45) is -4.24. The topological polar surface area (TPSA) is 29.3 Å². The summed E-state index contributed by atoms with van der Waals surface area (Å²) in [5.41, 5.74) is 7.09. The molecule has 2 N–H and O–H groups in total. The van der Waals surface area contributed by atoms with Crippen LogP contribution in [0.1, 0.15) is 32.4 Å². The number of rotatable bonds is 4. The molecule has 0 heterocycles. The van der Waals surface area contributed by atoms with Gasteiger partial charge in [-0.3, -0.25) is 0 Å². The van der Waals surface area contributed by atoms with Crippen molar-refractivity contribution in [3.8, 4) is 0 Å². The molecule has 1 atom stereocenters. The highest BCUT2D eigenvalue weighted by Crippen LogP contribution is 2.32. The zero-order valence-electron chi connectivity index (χ0n) is 11.1. The minimum atomic E-state index is -4.24. The third kappa shape index (κ3) is 4.69. The van der Waals surface area contributed by atoms with Crippen molar-refractivity contribution in [2.24, 2.45) is 5.73 Å². The van der Waals surface area contributed by atoms with E-state index in [1.165, 1.54) is 4.90 Å². The Balaban J connectivity index is 3.23. The molecule has 0 aliphatic heterocycles. The van der Waals surface area contributed by atoms with Crippen LogP contribution in [0.2, 0.25) is 0 Å². The molecule has 0 saturated carbocycles. The zero-order valence-corrected chi connectivity index (χ0v) is 12.7. The molecule has 19 heavy (non-hydrogen) atoms. The van der Waals surface area contributed by atoms with Gasteiger partial charge in [0.25, 0.3) is 0 Å². The molecule has 0 bridgehead atoms. The Morgan fingerprint density at radius 3 is 2.26 bits per heavy atom. The number of hydrogen-bond acceptors (Lipinski definition) is 2. The van der Waals surface area contributed by atoms with Crippen LogP contribution < -0.4 is 10.6 Å². The molecule has 0 aliphatic carbocycles. The van der Waals surface area contributed by atoms with Crippen molar-refractivity contribution in [2.75, 3.05) is 11.4 Å². The molecule has 1 unspecified atom stereocenters. The number of hydrogen-bond donors (Lipinski definition) is 1. The summed E-state index contributed by atoms with van der Waals surface area (Å²) in [5, 5.41) is 0. The fraction of sp³-hybridized carbons (Fsp3) is 0.538. The van der Waals surface area contributed by atoms with Gasteiger partial charge in [0, 0.05) is 22.2 Å². The second-order valence-corrected chi connectivity index (χ2v) is 5.74. The average molecular weight is 339 g/mol. The van der Waals surface area contributed by atoms with Crippen molar-refractivity contribution in [3.05, 3.63) is 28.2 Å². The van der Waals surface area contributed by atoms with E-state index in [9.17, 15) is 13.2 Å². The van der Waals surface area contributed by atoms with E-state index in [2.05, 4.69) is 15.9 Å². The first-order valence-corrected chi connectivity index (χ1v) is 6.79. The Hall–Kier alpha value is -0.750. The summed E-state index contributed by atoms with van der Waals surface area (Å²) in [6, 6.07) is 4.58.